The van der Waals surface area contributed by atoms with Crippen LogP contribution in [0.15, 0.2) is 120 Å². The number of ether oxygens (including phenoxy) is 3. The Bertz CT molecular complexity index is 1650. The van der Waals surface area contributed by atoms with Crippen LogP contribution >= 0.6 is 0 Å². The van der Waals surface area contributed by atoms with Crippen LogP contribution < -0.4 is 14.2 Å². The minimum absolute atomic E-state index is 0.109. The standard InChI is InChI=1S/C32H27NO5S/c1-23-12-16-27(17-13-23)39(34,35)33(21-25-10-6-3-7-11-25)32-18-26(15-14-24-8-4-2-5-9-24)28-19-30-31(37-22-36-30)20-29(28)38-32/h2-20,26H,21-22H2,1H3/b15-14+. The van der Waals surface area contributed by atoms with E-state index in [9.17, 15) is 8.42 Å². The molecule has 0 radical (unpaired) electrons. The predicted molar refractivity (Wildman–Crippen MR) is 150 cm³/mol. The van der Waals surface area contributed by atoms with Crippen molar-refractivity contribution in [2.45, 2.75) is 24.3 Å². The molecular weight excluding hydrogens is 510 g/mol. The molecule has 4 aromatic rings. The van der Waals surface area contributed by atoms with Crippen molar-refractivity contribution in [2.75, 3.05) is 6.79 Å². The van der Waals surface area contributed by atoms with Crippen LogP contribution in [0.5, 0.6) is 17.2 Å². The van der Waals surface area contributed by atoms with Gasteiger partial charge in [-0.15, -0.1) is 0 Å². The molecule has 0 saturated carbocycles. The van der Waals surface area contributed by atoms with Gasteiger partial charge < -0.3 is 14.2 Å². The first kappa shape index (κ1) is 24.8. The van der Waals surface area contributed by atoms with Crippen molar-refractivity contribution in [1.29, 1.82) is 0 Å². The molecule has 2 aliphatic rings. The van der Waals surface area contributed by atoms with Crippen LogP contribution in [0.1, 0.15) is 28.2 Å². The topological polar surface area (TPSA) is 65.1 Å². The summed E-state index contributed by atoms with van der Waals surface area (Å²) in [5.74, 6) is 1.69. The van der Waals surface area contributed by atoms with E-state index in [0.29, 0.717) is 17.2 Å². The van der Waals surface area contributed by atoms with E-state index in [2.05, 4.69) is 0 Å². The van der Waals surface area contributed by atoms with E-state index < -0.39 is 10.0 Å². The van der Waals surface area contributed by atoms with Gasteiger partial charge in [0.2, 0.25) is 12.7 Å². The number of sulfonamides is 1. The fourth-order valence-corrected chi connectivity index (χ4v) is 6.01. The molecule has 196 valence electrons. The van der Waals surface area contributed by atoms with Crippen molar-refractivity contribution < 1.29 is 22.6 Å². The van der Waals surface area contributed by atoms with Gasteiger partial charge in [-0.3, -0.25) is 0 Å². The van der Waals surface area contributed by atoms with Gasteiger partial charge >= 0.3 is 0 Å². The van der Waals surface area contributed by atoms with Crippen LogP contribution in [-0.4, -0.2) is 19.5 Å². The van der Waals surface area contributed by atoms with Crippen molar-refractivity contribution in [3.05, 3.63) is 137 Å². The third-order valence-corrected chi connectivity index (χ3v) is 8.48. The normalized spacial score (nSPS) is 15.9. The van der Waals surface area contributed by atoms with Gasteiger partial charge in [0.1, 0.15) is 5.75 Å². The molecular formula is C32H27NO5S. The van der Waals surface area contributed by atoms with Crippen LogP contribution in [0.3, 0.4) is 0 Å². The lowest BCUT2D eigenvalue weighted by Crippen LogP contribution is -2.34. The lowest BCUT2D eigenvalue weighted by Gasteiger charge is -2.31. The van der Waals surface area contributed by atoms with Gasteiger partial charge in [-0.25, -0.2) is 12.7 Å². The third-order valence-electron chi connectivity index (χ3n) is 6.72. The minimum atomic E-state index is -3.96. The predicted octanol–water partition coefficient (Wildman–Crippen LogP) is 6.65. The van der Waals surface area contributed by atoms with Crippen molar-refractivity contribution in [3.8, 4) is 17.2 Å². The monoisotopic (exact) mass is 537 g/mol. The largest absolute Gasteiger partial charge is 0.454 e. The summed E-state index contributed by atoms with van der Waals surface area (Å²) < 4.78 is 47.0. The Morgan fingerprint density at radius 1 is 0.846 bits per heavy atom. The molecule has 4 aromatic carbocycles. The number of allylic oxidation sites excluding steroid dienone is 2. The van der Waals surface area contributed by atoms with Gasteiger partial charge in [0.25, 0.3) is 10.0 Å². The molecule has 6 nitrogen and oxygen atoms in total. The summed E-state index contributed by atoms with van der Waals surface area (Å²) in [6, 6.07) is 30.0. The lowest BCUT2D eigenvalue weighted by molar-refractivity contribution is 0.174. The summed E-state index contributed by atoms with van der Waals surface area (Å²) in [4.78, 5) is 0.196. The first-order chi connectivity index (χ1) is 19.0. The molecule has 39 heavy (non-hydrogen) atoms. The molecule has 0 N–H and O–H groups in total. The summed E-state index contributed by atoms with van der Waals surface area (Å²) in [5, 5.41) is 0. The maximum atomic E-state index is 14.1. The molecule has 1 unspecified atom stereocenters. The molecule has 0 bridgehead atoms. The Morgan fingerprint density at radius 3 is 2.23 bits per heavy atom. The minimum Gasteiger partial charge on any atom is -0.454 e. The Balaban J connectivity index is 1.46. The van der Waals surface area contributed by atoms with E-state index in [0.717, 1.165) is 22.3 Å². The first-order valence-electron chi connectivity index (χ1n) is 12.7. The first-order valence-corrected chi connectivity index (χ1v) is 14.1. The highest BCUT2D eigenvalue weighted by atomic mass is 32.2. The fourth-order valence-electron chi connectivity index (χ4n) is 4.62. The van der Waals surface area contributed by atoms with Crippen LogP contribution in [-0.2, 0) is 16.6 Å². The maximum Gasteiger partial charge on any atom is 0.266 e. The van der Waals surface area contributed by atoms with Crippen LogP contribution in [0.2, 0.25) is 0 Å². The molecule has 2 aliphatic heterocycles. The van der Waals surface area contributed by atoms with Crippen molar-refractivity contribution in [1.82, 2.24) is 4.31 Å². The highest BCUT2D eigenvalue weighted by molar-refractivity contribution is 7.89. The zero-order valence-corrected chi connectivity index (χ0v) is 22.2. The van der Waals surface area contributed by atoms with Gasteiger partial charge in [0, 0.05) is 17.5 Å². The molecule has 7 heteroatoms. The van der Waals surface area contributed by atoms with Crippen molar-refractivity contribution in [2.24, 2.45) is 0 Å². The summed E-state index contributed by atoms with van der Waals surface area (Å²) in [6.45, 7) is 2.17. The second-order valence-electron chi connectivity index (χ2n) is 9.46. The van der Waals surface area contributed by atoms with E-state index in [1.54, 1.807) is 30.3 Å². The maximum absolute atomic E-state index is 14.1. The Hall–Kier alpha value is -4.49. The van der Waals surface area contributed by atoms with E-state index in [4.69, 9.17) is 14.2 Å². The number of hydrogen-bond donors (Lipinski definition) is 0. The number of fused-ring (bicyclic) bond motifs is 2. The fraction of sp³-hybridized carbons (Fsp3) is 0.125. The molecule has 2 heterocycles. The van der Waals surface area contributed by atoms with Gasteiger partial charge in [-0.05, 0) is 42.3 Å². The molecule has 0 fully saturated rings. The Kier molecular flexibility index (Phi) is 6.59. The zero-order valence-electron chi connectivity index (χ0n) is 21.4. The highest BCUT2D eigenvalue weighted by Crippen LogP contribution is 2.45. The SMILES string of the molecule is Cc1ccc(S(=O)(=O)N(Cc2ccccc2)C2=CC(/C=C/c3ccccc3)c3cc4c(cc3O2)OCO4)cc1. The number of benzene rings is 4. The second-order valence-corrected chi connectivity index (χ2v) is 11.3. The van der Waals surface area contributed by atoms with E-state index >= 15 is 0 Å². The van der Waals surface area contributed by atoms with Gasteiger partial charge in [-0.1, -0.05) is 90.5 Å². The number of aryl methyl sites for hydroxylation is 1. The molecule has 6 rings (SSSR count). The molecule has 0 saturated heterocycles. The Morgan fingerprint density at radius 2 is 1.51 bits per heavy atom. The number of hydrogen-bond acceptors (Lipinski definition) is 5. The highest BCUT2D eigenvalue weighted by Gasteiger charge is 2.33. The van der Waals surface area contributed by atoms with Crippen LogP contribution in [0.4, 0.5) is 0 Å². The molecule has 0 aliphatic carbocycles. The molecule has 1 atom stereocenters. The van der Waals surface area contributed by atoms with Gasteiger partial charge in [0.05, 0.1) is 11.4 Å². The summed E-state index contributed by atoms with van der Waals surface area (Å²) in [5.41, 5.74) is 3.72. The third kappa shape index (κ3) is 5.13. The summed E-state index contributed by atoms with van der Waals surface area (Å²) in [6.07, 6.45) is 5.91. The lowest BCUT2D eigenvalue weighted by atomic mass is 9.94. The molecule has 0 spiro atoms. The van der Waals surface area contributed by atoms with Crippen molar-refractivity contribution >= 4 is 16.1 Å². The van der Waals surface area contributed by atoms with Crippen LogP contribution in [0.25, 0.3) is 6.08 Å². The smallest absolute Gasteiger partial charge is 0.266 e. The van der Waals surface area contributed by atoms with Gasteiger partial charge in [0.15, 0.2) is 11.5 Å². The van der Waals surface area contributed by atoms with E-state index in [1.165, 1.54) is 4.31 Å². The summed E-state index contributed by atoms with van der Waals surface area (Å²) in [7, 11) is -3.96. The number of rotatable bonds is 7. The van der Waals surface area contributed by atoms with E-state index in [1.807, 2.05) is 91.9 Å². The summed E-state index contributed by atoms with van der Waals surface area (Å²) >= 11 is 0. The average molecular weight is 538 g/mol. The number of nitrogens with zero attached hydrogens (tertiary/aromatic N) is 1. The Labute approximate surface area is 228 Å². The van der Waals surface area contributed by atoms with Crippen LogP contribution in [0, 0.1) is 6.92 Å². The second kappa shape index (κ2) is 10.3. The van der Waals surface area contributed by atoms with Crippen molar-refractivity contribution in [3.63, 3.8) is 0 Å². The van der Waals surface area contributed by atoms with E-state index in [-0.39, 0.29) is 30.0 Å². The quantitative estimate of drug-likeness (QED) is 0.264. The molecule has 0 amide bonds. The van der Waals surface area contributed by atoms with Gasteiger partial charge in [-0.2, -0.15) is 0 Å². The average Bonchev–Trinajstić information content (AvgIpc) is 3.42. The zero-order chi connectivity index (χ0) is 26.8. The molecule has 0 aromatic heterocycles.